The molecule has 0 spiro atoms. The summed E-state index contributed by atoms with van der Waals surface area (Å²) < 4.78 is 10.3. The van der Waals surface area contributed by atoms with Crippen LogP contribution in [0.4, 0.5) is 5.69 Å². The van der Waals surface area contributed by atoms with E-state index in [0.717, 1.165) is 21.9 Å². The summed E-state index contributed by atoms with van der Waals surface area (Å²) in [5.74, 6) is 0.876. The van der Waals surface area contributed by atoms with E-state index in [1.165, 1.54) is 0 Å². The van der Waals surface area contributed by atoms with Crippen molar-refractivity contribution in [1.29, 1.82) is 0 Å². The van der Waals surface area contributed by atoms with E-state index in [9.17, 15) is 0 Å². The fourth-order valence-electron chi connectivity index (χ4n) is 2.28. The van der Waals surface area contributed by atoms with Crippen molar-refractivity contribution in [1.82, 2.24) is 10.1 Å². The van der Waals surface area contributed by atoms with Gasteiger partial charge in [-0.1, -0.05) is 29.4 Å². The predicted molar refractivity (Wildman–Crippen MR) is 79.4 cm³/mol. The van der Waals surface area contributed by atoms with Crippen molar-refractivity contribution in [3.05, 3.63) is 55.0 Å². The molecule has 0 aliphatic carbocycles. The molecule has 102 valence electrons. The lowest BCUT2D eigenvalue weighted by atomic mass is 10.1. The molecule has 0 atom stereocenters. The second-order valence-corrected chi connectivity index (χ2v) is 4.72. The minimum Gasteiger partial charge on any atom is -0.472 e. The smallest absolute Gasteiger partial charge is 0.260 e. The van der Waals surface area contributed by atoms with E-state index in [2.05, 4.69) is 10.1 Å². The number of nitrogens with two attached hydrogens (primary N) is 1. The van der Waals surface area contributed by atoms with Gasteiger partial charge in [-0.2, -0.15) is 4.98 Å². The second-order valence-electron chi connectivity index (χ2n) is 4.72. The molecular weight excluding hydrogens is 266 g/mol. The number of hydrogen-bond acceptors (Lipinski definition) is 5. The zero-order valence-electron chi connectivity index (χ0n) is 11.0. The maximum Gasteiger partial charge on any atom is 0.260 e. The van der Waals surface area contributed by atoms with Crippen LogP contribution in [0.5, 0.6) is 0 Å². The van der Waals surface area contributed by atoms with E-state index >= 15 is 0 Å². The van der Waals surface area contributed by atoms with Crippen molar-refractivity contribution in [2.24, 2.45) is 0 Å². The van der Waals surface area contributed by atoms with Crippen LogP contribution in [0.1, 0.15) is 0 Å². The molecule has 2 N–H and O–H groups in total. The van der Waals surface area contributed by atoms with E-state index in [0.29, 0.717) is 17.4 Å². The molecule has 2 heterocycles. The van der Waals surface area contributed by atoms with Gasteiger partial charge < -0.3 is 14.7 Å². The Bertz CT molecular complexity index is 910. The van der Waals surface area contributed by atoms with Gasteiger partial charge in [-0.05, 0) is 29.0 Å². The molecule has 5 heteroatoms. The molecule has 4 aromatic rings. The van der Waals surface area contributed by atoms with Crippen LogP contribution in [0.2, 0.25) is 0 Å². The quantitative estimate of drug-likeness (QED) is 0.565. The maximum absolute atomic E-state index is 6.10. The molecule has 0 radical (unpaired) electrons. The third-order valence-electron chi connectivity index (χ3n) is 3.35. The van der Waals surface area contributed by atoms with Crippen LogP contribution >= 0.6 is 0 Å². The van der Waals surface area contributed by atoms with Crippen molar-refractivity contribution in [3.63, 3.8) is 0 Å². The third-order valence-corrected chi connectivity index (χ3v) is 3.35. The topological polar surface area (TPSA) is 78.1 Å². The first-order valence-electron chi connectivity index (χ1n) is 6.46. The number of furan rings is 1. The fourth-order valence-corrected chi connectivity index (χ4v) is 2.28. The van der Waals surface area contributed by atoms with Crippen molar-refractivity contribution in [2.75, 3.05) is 5.73 Å². The number of rotatable bonds is 2. The SMILES string of the molecule is Nc1cc2ccccc2cc1-c1nc(-c2ccoc2)no1. The van der Waals surface area contributed by atoms with Gasteiger partial charge in [0, 0.05) is 5.69 Å². The summed E-state index contributed by atoms with van der Waals surface area (Å²) in [7, 11) is 0. The highest BCUT2D eigenvalue weighted by molar-refractivity contribution is 5.92. The van der Waals surface area contributed by atoms with Gasteiger partial charge >= 0.3 is 0 Å². The van der Waals surface area contributed by atoms with Crippen molar-refractivity contribution >= 4 is 16.5 Å². The lowest BCUT2D eigenvalue weighted by molar-refractivity contribution is 0.432. The predicted octanol–water partition coefficient (Wildman–Crippen LogP) is 3.73. The van der Waals surface area contributed by atoms with Crippen LogP contribution < -0.4 is 5.73 Å². The van der Waals surface area contributed by atoms with Crippen LogP contribution in [0, 0.1) is 0 Å². The second kappa shape index (κ2) is 4.49. The first-order chi connectivity index (χ1) is 10.3. The molecule has 0 unspecified atom stereocenters. The molecule has 21 heavy (non-hydrogen) atoms. The van der Waals surface area contributed by atoms with Gasteiger partial charge in [-0.15, -0.1) is 0 Å². The summed E-state index contributed by atoms with van der Waals surface area (Å²) in [6.45, 7) is 0. The molecule has 0 aliphatic heterocycles. The van der Waals surface area contributed by atoms with Gasteiger partial charge in [0.05, 0.1) is 17.4 Å². The lowest BCUT2D eigenvalue weighted by Crippen LogP contribution is -1.90. The zero-order chi connectivity index (χ0) is 14.2. The number of benzene rings is 2. The molecule has 4 rings (SSSR count). The Kier molecular flexibility index (Phi) is 2.50. The number of anilines is 1. The van der Waals surface area contributed by atoms with Crippen LogP contribution in [0.15, 0.2) is 63.9 Å². The van der Waals surface area contributed by atoms with Crippen molar-refractivity contribution in [3.8, 4) is 22.8 Å². The van der Waals surface area contributed by atoms with Crippen LogP contribution in [-0.2, 0) is 0 Å². The van der Waals surface area contributed by atoms with Crippen LogP contribution in [0.25, 0.3) is 33.6 Å². The Balaban J connectivity index is 1.85. The monoisotopic (exact) mass is 277 g/mol. The van der Waals surface area contributed by atoms with E-state index in [1.807, 2.05) is 36.4 Å². The Hall–Kier alpha value is -3.08. The highest BCUT2D eigenvalue weighted by Crippen LogP contribution is 2.30. The molecule has 0 saturated heterocycles. The lowest BCUT2D eigenvalue weighted by Gasteiger charge is -2.03. The molecule has 0 aliphatic rings. The molecule has 0 amide bonds. The average molecular weight is 277 g/mol. The maximum atomic E-state index is 6.10. The summed E-state index contributed by atoms with van der Waals surface area (Å²) >= 11 is 0. The van der Waals surface area contributed by atoms with E-state index in [4.69, 9.17) is 14.7 Å². The average Bonchev–Trinajstić information content (AvgIpc) is 3.17. The highest BCUT2D eigenvalue weighted by Gasteiger charge is 2.14. The van der Waals surface area contributed by atoms with Crippen molar-refractivity contribution < 1.29 is 8.94 Å². The molecule has 0 saturated carbocycles. The Morgan fingerprint density at radius 3 is 2.57 bits per heavy atom. The van der Waals surface area contributed by atoms with Crippen LogP contribution in [-0.4, -0.2) is 10.1 Å². The van der Waals surface area contributed by atoms with E-state index < -0.39 is 0 Å². The number of fused-ring (bicyclic) bond motifs is 1. The molecule has 5 nitrogen and oxygen atoms in total. The zero-order valence-corrected chi connectivity index (χ0v) is 11.0. The Morgan fingerprint density at radius 2 is 1.81 bits per heavy atom. The largest absolute Gasteiger partial charge is 0.472 e. The summed E-state index contributed by atoms with van der Waals surface area (Å²) in [4.78, 5) is 4.37. The number of nitrogen functional groups attached to an aromatic ring is 1. The summed E-state index contributed by atoms with van der Waals surface area (Å²) in [6.07, 6.45) is 3.13. The molecule has 2 aromatic heterocycles. The summed E-state index contributed by atoms with van der Waals surface area (Å²) in [5.41, 5.74) is 8.21. The van der Waals surface area contributed by atoms with Gasteiger partial charge in [-0.25, -0.2) is 0 Å². The Morgan fingerprint density at radius 1 is 1.00 bits per heavy atom. The Labute approximate surface area is 120 Å². The summed E-state index contributed by atoms with van der Waals surface area (Å²) in [5, 5.41) is 6.11. The van der Waals surface area contributed by atoms with Crippen molar-refractivity contribution in [2.45, 2.75) is 0 Å². The fraction of sp³-hybridized carbons (Fsp3) is 0. The molecular formula is C16H11N3O2. The third kappa shape index (κ3) is 1.95. The molecule has 0 fully saturated rings. The number of aromatic nitrogens is 2. The first-order valence-corrected chi connectivity index (χ1v) is 6.46. The first kappa shape index (κ1) is 11.7. The normalized spacial score (nSPS) is 11.0. The highest BCUT2D eigenvalue weighted by atomic mass is 16.5. The van der Waals surface area contributed by atoms with E-state index in [-0.39, 0.29) is 0 Å². The summed E-state index contributed by atoms with van der Waals surface area (Å²) in [6, 6.07) is 13.6. The minimum atomic E-state index is 0.398. The van der Waals surface area contributed by atoms with E-state index in [1.54, 1.807) is 18.6 Å². The van der Waals surface area contributed by atoms with Crippen LogP contribution in [0.3, 0.4) is 0 Å². The van der Waals surface area contributed by atoms with Gasteiger partial charge in [0.2, 0.25) is 5.82 Å². The molecule has 0 bridgehead atoms. The number of nitrogens with zero attached hydrogens (tertiary/aromatic N) is 2. The molecule has 2 aromatic carbocycles. The standard InChI is InChI=1S/C16H11N3O2/c17-14-8-11-4-2-1-3-10(11)7-13(14)16-18-15(19-21-16)12-5-6-20-9-12/h1-9H,17H2. The minimum absolute atomic E-state index is 0.398. The number of hydrogen-bond donors (Lipinski definition) is 1. The van der Waals surface area contributed by atoms with Gasteiger partial charge in [0.1, 0.15) is 6.26 Å². The van der Waals surface area contributed by atoms with Gasteiger partial charge in [0.15, 0.2) is 0 Å². The van der Waals surface area contributed by atoms with Gasteiger partial charge in [0.25, 0.3) is 5.89 Å². The van der Waals surface area contributed by atoms with Gasteiger partial charge in [-0.3, -0.25) is 0 Å².